The zero-order valence-corrected chi connectivity index (χ0v) is 9.70. The molecule has 82 valence electrons. The van der Waals surface area contributed by atoms with Crippen molar-refractivity contribution < 1.29 is 0 Å². The molecule has 1 aromatic heterocycles. The fourth-order valence-electron chi connectivity index (χ4n) is 1.68. The Hall–Kier alpha value is -1.83. The summed E-state index contributed by atoms with van der Waals surface area (Å²) in [6.45, 7) is 5.06. The molecule has 0 atom stereocenters. The van der Waals surface area contributed by atoms with Gasteiger partial charge in [0.05, 0.1) is 5.69 Å². The number of benzene rings is 1. The van der Waals surface area contributed by atoms with E-state index in [1.165, 1.54) is 11.1 Å². The molecule has 0 amide bonds. The summed E-state index contributed by atoms with van der Waals surface area (Å²) in [5, 5.41) is 3.22. The van der Waals surface area contributed by atoms with E-state index in [1.54, 1.807) is 0 Å². The third kappa shape index (κ3) is 2.40. The van der Waals surface area contributed by atoms with Crippen molar-refractivity contribution in [1.82, 2.24) is 4.98 Å². The molecule has 2 heteroatoms. The molecular formula is C14H16N2. The minimum atomic E-state index is 0.893. The summed E-state index contributed by atoms with van der Waals surface area (Å²) in [6, 6.07) is 14.5. The van der Waals surface area contributed by atoms with E-state index in [0.717, 1.165) is 18.1 Å². The fraction of sp³-hybridized carbons (Fsp3) is 0.214. The predicted molar refractivity (Wildman–Crippen MR) is 68.6 cm³/mol. The molecule has 0 aliphatic carbocycles. The first-order chi connectivity index (χ1) is 7.79. The molecule has 0 unspecified atom stereocenters. The van der Waals surface area contributed by atoms with Crippen LogP contribution in [-0.2, 0) is 0 Å². The van der Waals surface area contributed by atoms with Crippen molar-refractivity contribution in [1.29, 1.82) is 0 Å². The number of nitrogens with zero attached hydrogens (tertiary/aromatic N) is 1. The maximum atomic E-state index is 4.56. The Morgan fingerprint density at radius 1 is 1.12 bits per heavy atom. The highest BCUT2D eigenvalue weighted by Gasteiger charge is 2.00. The zero-order chi connectivity index (χ0) is 11.4. The highest BCUT2D eigenvalue weighted by Crippen LogP contribution is 2.19. The fourth-order valence-corrected chi connectivity index (χ4v) is 1.68. The number of hydrogen-bond donors (Lipinski definition) is 1. The van der Waals surface area contributed by atoms with Crippen molar-refractivity contribution in [3.05, 3.63) is 48.0 Å². The van der Waals surface area contributed by atoms with Crippen LogP contribution in [-0.4, -0.2) is 11.5 Å². The molecule has 2 nitrogen and oxygen atoms in total. The molecule has 0 aliphatic rings. The number of aromatic nitrogens is 1. The lowest BCUT2D eigenvalue weighted by molar-refractivity contribution is 1.16. The van der Waals surface area contributed by atoms with Gasteiger partial charge in [0.25, 0.3) is 0 Å². The van der Waals surface area contributed by atoms with E-state index < -0.39 is 0 Å². The molecule has 1 aromatic carbocycles. The van der Waals surface area contributed by atoms with Gasteiger partial charge in [-0.1, -0.05) is 29.8 Å². The van der Waals surface area contributed by atoms with Gasteiger partial charge in [-0.25, -0.2) is 4.98 Å². The number of anilines is 1. The lowest BCUT2D eigenvalue weighted by atomic mass is 10.1. The smallest absolute Gasteiger partial charge is 0.126 e. The Bertz CT molecular complexity index is 478. The van der Waals surface area contributed by atoms with Gasteiger partial charge >= 0.3 is 0 Å². The Morgan fingerprint density at radius 2 is 1.94 bits per heavy atom. The molecule has 0 radical (unpaired) electrons. The van der Waals surface area contributed by atoms with Crippen molar-refractivity contribution in [2.75, 3.05) is 11.9 Å². The van der Waals surface area contributed by atoms with Crippen LogP contribution < -0.4 is 5.32 Å². The molecule has 1 heterocycles. The second-order valence-electron chi connectivity index (χ2n) is 3.81. The summed E-state index contributed by atoms with van der Waals surface area (Å²) in [5.74, 6) is 0.932. The quantitative estimate of drug-likeness (QED) is 0.842. The Labute approximate surface area is 96.4 Å². The van der Waals surface area contributed by atoms with Gasteiger partial charge in [0.1, 0.15) is 5.82 Å². The van der Waals surface area contributed by atoms with Gasteiger partial charge < -0.3 is 5.32 Å². The van der Waals surface area contributed by atoms with Crippen molar-refractivity contribution >= 4 is 5.82 Å². The first kappa shape index (κ1) is 10.7. The Morgan fingerprint density at radius 3 is 2.69 bits per heavy atom. The topological polar surface area (TPSA) is 24.9 Å². The first-order valence-corrected chi connectivity index (χ1v) is 5.57. The van der Waals surface area contributed by atoms with Crippen molar-refractivity contribution in [2.24, 2.45) is 0 Å². The average Bonchev–Trinajstić information content (AvgIpc) is 2.30. The summed E-state index contributed by atoms with van der Waals surface area (Å²) in [7, 11) is 0. The highest BCUT2D eigenvalue weighted by molar-refractivity contribution is 5.61. The minimum Gasteiger partial charge on any atom is -0.370 e. The third-order valence-electron chi connectivity index (χ3n) is 2.42. The zero-order valence-electron chi connectivity index (χ0n) is 9.70. The van der Waals surface area contributed by atoms with E-state index in [1.807, 2.05) is 18.2 Å². The van der Waals surface area contributed by atoms with Gasteiger partial charge in [-0.2, -0.15) is 0 Å². The lowest BCUT2D eigenvalue weighted by Gasteiger charge is -2.06. The second-order valence-corrected chi connectivity index (χ2v) is 3.81. The average molecular weight is 212 g/mol. The predicted octanol–water partition coefficient (Wildman–Crippen LogP) is 3.49. The lowest BCUT2D eigenvalue weighted by Crippen LogP contribution is -1.99. The van der Waals surface area contributed by atoms with E-state index in [0.29, 0.717) is 0 Å². The number of rotatable bonds is 3. The molecule has 2 aromatic rings. The van der Waals surface area contributed by atoms with Crippen LogP contribution >= 0.6 is 0 Å². The number of aryl methyl sites for hydroxylation is 1. The third-order valence-corrected chi connectivity index (χ3v) is 2.42. The van der Waals surface area contributed by atoms with Gasteiger partial charge in [-0.15, -0.1) is 0 Å². The Kier molecular flexibility index (Phi) is 3.20. The van der Waals surface area contributed by atoms with E-state index in [9.17, 15) is 0 Å². The molecular weight excluding hydrogens is 196 g/mol. The largest absolute Gasteiger partial charge is 0.370 e. The molecule has 0 aliphatic heterocycles. The number of pyridine rings is 1. The summed E-state index contributed by atoms with van der Waals surface area (Å²) in [6.07, 6.45) is 0. The highest BCUT2D eigenvalue weighted by atomic mass is 15.0. The van der Waals surface area contributed by atoms with Gasteiger partial charge in [0, 0.05) is 12.1 Å². The molecule has 16 heavy (non-hydrogen) atoms. The van der Waals surface area contributed by atoms with Crippen LogP contribution in [0.15, 0.2) is 42.5 Å². The molecule has 2 rings (SSSR count). The van der Waals surface area contributed by atoms with Crippen LogP contribution in [0.5, 0.6) is 0 Å². The summed E-state index contributed by atoms with van der Waals surface area (Å²) < 4.78 is 0. The van der Waals surface area contributed by atoms with Gasteiger partial charge in [-0.3, -0.25) is 0 Å². The van der Waals surface area contributed by atoms with Crippen molar-refractivity contribution in [2.45, 2.75) is 13.8 Å². The standard InChI is InChI=1S/C14H16N2/c1-3-15-14-9-5-8-13(16-14)12-7-4-6-11(2)10-12/h4-10H,3H2,1-2H3,(H,15,16). The monoisotopic (exact) mass is 212 g/mol. The molecule has 0 bridgehead atoms. The number of hydrogen-bond acceptors (Lipinski definition) is 2. The minimum absolute atomic E-state index is 0.893. The maximum absolute atomic E-state index is 4.56. The Balaban J connectivity index is 2.36. The van der Waals surface area contributed by atoms with E-state index in [4.69, 9.17) is 0 Å². The normalized spacial score (nSPS) is 10.1. The van der Waals surface area contributed by atoms with Crippen molar-refractivity contribution in [3.8, 4) is 11.3 Å². The molecule has 0 saturated heterocycles. The molecule has 0 spiro atoms. The van der Waals surface area contributed by atoms with Crippen LogP contribution in [0.4, 0.5) is 5.82 Å². The van der Waals surface area contributed by atoms with Crippen LogP contribution in [0.3, 0.4) is 0 Å². The van der Waals surface area contributed by atoms with E-state index in [2.05, 4.69) is 48.4 Å². The SMILES string of the molecule is CCNc1cccc(-c2cccc(C)c2)n1. The van der Waals surface area contributed by atoms with Crippen LogP contribution in [0.25, 0.3) is 11.3 Å². The maximum Gasteiger partial charge on any atom is 0.126 e. The first-order valence-electron chi connectivity index (χ1n) is 5.57. The van der Waals surface area contributed by atoms with Crippen LogP contribution in [0.2, 0.25) is 0 Å². The molecule has 1 N–H and O–H groups in total. The summed E-state index contributed by atoms with van der Waals surface area (Å²) >= 11 is 0. The molecule has 0 fully saturated rings. The summed E-state index contributed by atoms with van der Waals surface area (Å²) in [4.78, 5) is 4.56. The summed E-state index contributed by atoms with van der Waals surface area (Å²) in [5.41, 5.74) is 3.44. The van der Waals surface area contributed by atoms with Gasteiger partial charge in [0.2, 0.25) is 0 Å². The van der Waals surface area contributed by atoms with E-state index >= 15 is 0 Å². The van der Waals surface area contributed by atoms with Gasteiger partial charge in [-0.05, 0) is 32.0 Å². The van der Waals surface area contributed by atoms with Gasteiger partial charge in [0.15, 0.2) is 0 Å². The van der Waals surface area contributed by atoms with E-state index in [-0.39, 0.29) is 0 Å². The van der Waals surface area contributed by atoms with Crippen molar-refractivity contribution in [3.63, 3.8) is 0 Å². The second kappa shape index (κ2) is 4.79. The molecule has 0 saturated carbocycles. The van der Waals surface area contributed by atoms with Crippen LogP contribution in [0.1, 0.15) is 12.5 Å². The van der Waals surface area contributed by atoms with Crippen LogP contribution in [0, 0.1) is 6.92 Å². The number of nitrogens with one attached hydrogen (secondary N) is 1.